The number of ether oxygens (including phenoxy) is 1. The Morgan fingerprint density at radius 3 is 2.50 bits per heavy atom. The zero-order chi connectivity index (χ0) is 21.8. The summed E-state index contributed by atoms with van der Waals surface area (Å²) in [6.07, 6.45) is -1.30. The molecule has 1 N–H and O–H groups in total. The molecule has 0 aliphatic carbocycles. The molecule has 3 aromatic rings. The molecule has 3 rings (SSSR count). The fraction of sp³-hybridized carbons (Fsp3) is 0.227. The van der Waals surface area contributed by atoms with Crippen molar-refractivity contribution >= 4 is 17.6 Å². The van der Waals surface area contributed by atoms with Gasteiger partial charge in [0.05, 0.1) is 17.8 Å². The van der Waals surface area contributed by atoms with Gasteiger partial charge in [-0.2, -0.15) is 0 Å². The second-order valence-corrected chi connectivity index (χ2v) is 6.86. The van der Waals surface area contributed by atoms with Crippen molar-refractivity contribution in [3.63, 3.8) is 0 Å². The second kappa shape index (κ2) is 8.77. The predicted molar refractivity (Wildman–Crippen MR) is 110 cm³/mol. The first-order valence-electron chi connectivity index (χ1n) is 9.36. The van der Waals surface area contributed by atoms with Crippen LogP contribution >= 0.6 is 0 Å². The first-order valence-corrected chi connectivity index (χ1v) is 9.36. The number of para-hydroxylation sites is 1. The van der Waals surface area contributed by atoms with Crippen molar-refractivity contribution in [3.8, 4) is 5.69 Å². The molecule has 1 heterocycles. The fourth-order valence-corrected chi connectivity index (χ4v) is 3.04. The minimum atomic E-state index is -1.13. The van der Waals surface area contributed by atoms with Gasteiger partial charge in [0, 0.05) is 7.05 Å². The Hall–Kier alpha value is -3.68. The van der Waals surface area contributed by atoms with Gasteiger partial charge in [-0.25, -0.2) is 9.07 Å². The maximum absolute atomic E-state index is 13.2. The normalized spacial score (nSPS) is 11.7. The van der Waals surface area contributed by atoms with Crippen LogP contribution in [0.1, 0.15) is 18.2 Å². The van der Waals surface area contributed by atoms with E-state index in [-0.39, 0.29) is 12.1 Å². The molecular formula is C22H22FN3O4. The molecule has 0 saturated carbocycles. The van der Waals surface area contributed by atoms with Crippen LogP contribution in [0.25, 0.3) is 5.69 Å². The summed E-state index contributed by atoms with van der Waals surface area (Å²) in [5, 5.41) is 2.56. The van der Waals surface area contributed by atoms with Gasteiger partial charge in [-0.05, 0) is 43.7 Å². The van der Waals surface area contributed by atoms with Gasteiger partial charge < -0.3 is 10.1 Å². The van der Waals surface area contributed by atoms with Gasteiger partial charge in [0.25, 0.3) is 11.5 Å². The van der Waals surface area contributed by atoms with Crippen molar-refractivity contribution in [3.05, 3.63) is 82.0 Å². The van der Waals surface area contributed by atoms with Crippen molar-refractivity contribution in [1.29, 1.82) is 0 Å². The summed E-state index contributed by atoms with van der Waals surface area (Å²) in [7, 11) is 1.71. The second-order valence-electron chi connectivity index (χ2n) is 6.86. The number of esters is 1. The van der Waals surface area contributed by atoms with Crippen LogP contribution < -0.4 is 10.9 Å². The number of anilines is 1. The van der Waals surface area contributed by atoms with E-state index in [0.29, 0.717) is 16.9 Å². The van der Waals surface area contributed by atoms with Crippen molar-refractivity contribution in [2.45, 2.75) is 26.4 Å². The van der Waals surface area contributed by atoms with Crippen molar-refractivity contribution in [2.75, 3.05) is 5.32 Å². The lowest BCUT2D eigenvalue weighted by molar-refractivity contribution is -0.152. The van der Waals surface area contributed by atoms with Crippen LogP contribution in [-0.4, -0.2) is 27.3 Å². The quantitative estimate of drug-likeness (QED) is 0.633. The third-order valence-electron chi connectivity index (χ3n) is 4.72. The number of benzene rings is 2. The molecule has 0 bridgehead atoms. The van der Waals surface area contributed by atoms with E-state index in [2.05, 4.69) is 5.32 Å². The van der Waals surface area contributed by atoms with Crippen LogP contribution in [0.2, 0.25) is 0 Å². The summed E-state index contributed by atoms with van der Waals surface area (Å²) in [4.78, 5) is 37.4. The molecular weight excluding hydrogens is 389 g/mol. The number of carbonyl (C=O) groups excluding carboxylic acids is 2. The van der Waals surface area contributed by atoms with E-state index in [9.17, 15) is 18.8 Å². The van der Waals surface area contributed by atoms with Crippen molar-refractivity contribution in [1.82, 2.24) is 9.36 Å². The molecule has 1 atom stereocenters. The Balaban J connectivity index is 1.71. The summed E-state index contributed by atoms with van der Waals surface area (Å²) in [5.74, 6) is -1.76. The van der Waals surface area contributed by atoms with Gasteiger partial charge in [0.1, 0.15) is 11.5 Å². The minimum Gasteiger partial charge on any atom is -0.452 e. The molecule has 0 aliphatic heterocycles. The third kappa shape index (κ3) is 4.48. The zero-order valence-corrected chi connectivity index (χ0v) is 16.9. The number of rotatable bonds is 6. The number of halogens is 1. The zero-order valence-electron chi connectivity index (χ0n) is 16.9. The monoisotopic (exact) mass is 411 g/mol. The summed E-state index contributed by atoms with van der Waals surface area (Å²) in [5.41, 5.74) is 1.36. The highest BCUT2D eigenvalue weighted by Crippen LogP contribution is 2.15. The predicted octanol–water partition coefficient (Wildman–Crippen LogP) is 2.74. The van der Waals surface area contributed by atoms with E-state index in [0.717, 1.165) is 0 Å². The highest BCUT2D eigenvalue weighted by molar-refractivity contribution is 5.95. The number of nitrogens with zero attached hydrogens (tertiary/aromatic N) is 2. The van der Waals surface area contributed by atoms with E-state index in [1.807, 2.05) is 18.2 Å². The molecule has 0 unspecified atom stereocenters. The molecule has 0 aliphatic rings. The molecule has 1 amide bonds. The van der Waals surface area contributed by atoms with Crippen LogP contribution in [-0.2, 0) is 27.8 Å². The SMILES string of the molecule is Cc1c(NC(=O)[C@H](C)OC(=O)Cc2cccc(F)c2)c(=O)n(-c2ccccc2)n1C. The van der Waals surface area contributed by atoms with E-state index in [1.165, 1.54) is 29.8 Å². The van der Waals surface area contributed by atoms with Crippen LogP contribution in [0.3, 0.4) is 0 Å². The highest BCUT2D eigenvalue weighted by atomic mass is 19.1. The summed E-state index contributed by atoms with van der Waals surface area (Å²) >= 11 is 0. The Kier molecular flexibility index (Phi) is 6.15. The summed E-state index contributed by atoms with van der Waals surface area (Å²) < 4.78 is 21.4. The maximum Gasteiger partial charge on any atom is 0.311 e. The van der Waals surface area contributed by atoms with Gasteiger partial charge in [-0.3, -0.25) is 19.1 Å². The lowest BCUT2D eigenvalue weighted by Crippen LogP contribution is -2.32. The smallest absolute Gasteiger partial charge is 0.311 e. The number of amides is 1. The third-order valence-corrected chi connectivity index (χ3v) is 4.72. The standard InChI is InChI=1S/C22H22FN3O4/c1-14-20(22(29)26(25(14)3)18-10-5-4-6-11-18)24-21(28)15(2)30-19(27)13-16-8-7-9-17(23)12-16/h4-12,15H,13H2,1-3H3,(H,24,28)/t15-/m0/s1. The number of hydrogen-bond donors (Lipinski definition) is 1. The number of aromatic nitrogens is 2. The Labute approximate surface area is 172 Å². The van der Waals surface area contributed by atoms with Gasteiger partial charge in [-0.15, -0.1) is 0 Å². The summed E-state index contributed by atoms with van der Waals surface area (Å²) in [6, 6.07) is 14.6. The van der Waals surface area contributed by atoms with Crippen LogP contribution in [0.15, 0.2) is 59.4 Å². The van der Waals surface area contributed by atoms with Gasteiger partial charge >= 0.3 is 5.97 Å². The van der Waals surface area contributed by atoms with E-state index < -0.39 is 29.4 Å². The Morgan fingerprint density at radius 1 is 1.13 bits per heavy atom. The first-order chi connectivity index (χ1) is 14.3. The molecule has 2 aromatic carbocycles. The lowest BCUT2D eigenvalue weighted by Gasteiger charge is -2.13. The number of hydrogen-bond acceptors (Lipinski definition) is 4. The van der Waals surface area contributed by atoms with Crippen molar-refractivity contribution in [2.24, 2.45) is 7.05 Å². The lowest BCUT2D eigenvalue weighted by atomic mass is 10.1. The van der Waals surface area contributed by atoms with Crippen molar-refractivity contribution < 1.29 is 18.7 Å². The molecule has 156 valence electrons. The minimum absolute atomic E-state index is 0.111. The molecule has 0 radical (unpaired) electrons. The molecule has 30 heavy (non-hydrogen) atoms. The first kappa shape index (κ1) is 21.0. The Bertz CT molecular complexity index is 1140. The summed E-state index contributed by atoms with van der Waals surface area (Å²) in [6.45, 7) is 3.11. The maximum atomic E-state index is 13.2. The number of nitrogens with one attached hydrogen (secondary N) is 1. The topological polar surface area (TPSA) is 82.3 Å². The van der Waals surface area contributed by atoms with E-state index >= 15 is 0 Å². The number of carbonyl (C=O) groups is 2. The highest BCUT2D eigenvalue weighted by Gasteiger charge is 2.23. The average molecular weight is 411 g/mol. The van der Waals surface area contributed by atoms with Gasteiger partial charge in [0.15, 0.2) is 6.10 Å². The van der Waals surface area contributed by atoms with Gasteiger partial charge in [0.2, 0.25) is 0 Å². The average Bonchev–Trinajstić information content (AvgIpc) is 2.91. The van der Waals surface area contributed by atoms with Crippen LogP contribution in [0.5, 0.6) is 0 Å². The van der Waals surface area contributed by atoms with Crippen LogP contribution in [0.4, 0.5) is 10.1 Å². The Morgan fingerprint density at radius 2 is 1.83 bits per heavy atom. The van der Waals surface area contributed by atoms with Gasteiger partial charge in [-0.1, -0.05) is 30.3 Å². The molecule has 7 nitrogen and oxygen atoms in total. The molecule has 1 aromatic heterocycles. The van der Waals surface area contributed by atoms with E-state index in [1.54, 1.807) is 36.9 Å². The van der Waals surface area contributed by atoms with E-state index in [4.69, 9.17) is 4.74 Å². The molecule has 0 saturated heterocycles. The van der Waals surface area contributed by atoms with Crippen LogP contribution in [0, 0.1) is 12.7 Å². The molecule has 0 spiro atoms. The largest absolute Gasteiger partial charge is 0.452 e. The fourth-order valence-electron chi connectivity index (χ4n) is 3.04. The molecule has 0 fully saturated rings. The molecule has 8 heteroatoms.